The molecule has 4 nitrogen and oxygen atoms in total. The van der Waals surface area contributed by atoms with Gasteiger partial charge in [0.05, 0.1) is 6.10 Å². The van der Waals surface area contributed by atoms with Crippen molar-refractivity contribution in [3.8, 4) is 0 Å². The number of hydrogen-bond donors (Lipinski definition) is 3. The van der Waals surface area contributed by atoms with Gasteiger partial charge in [0.15, 0.2) is 0 Å². The van der Waals surface area contributed by atoms with Crippen molar-refractivity contribution in [2.75, 3.05) is 11.5 Å². The second-order valence-corrected chi connectivity index (χ2v) is 3.93. The molecule has 0 aliphatic carbocycles. The van der Waals surface area contributed by atoms with Crippen LogP contribution in [0.4, 0.5) is 11.5 Å². The zero-order chi connectivity index (χ0) is 12.3. The van der Waals surface area contributed by atoms with Crippen molar-refractivity contribution in [3.63, 3.8) is 0 Å². The molecule has 4 heteroatoms. The smallest absolute Gasteiger partial charge is 0.126 e. The third-order valence-corrected chi connectivity index (χ3v) is 2.66. The molecule has 1 atom stereocenters. The predicted octanol–water partition coefficient (Wildman–Crippen LogP) is 1.52. The number of pyridine rings is 1. The van der Waals surface area contributed by atoms with E-state index in [-0.39, 0.29) is 0 Å². The standard InChI is InChI=1S/C13H15N3O/c14-11-5-3-9(4-6-11)12(17)8-10-2-1-7-16-13(10)15/h1-7,12,17H,8,14H2,(H2,15,16). The number of aliphatic hydroxyl groups is 1. The molecule has 5 N–H and O–H groups in total. The molecule has 1 heterocycles. The van der Waals surface area contributed by atoms with Gasteiger partial charge >= 0.3 is 0 Å². The molecular formula is C13H15N3O. The molecule has 1 unspecified atom stereocenters. The summed E-state index contributed by atoms with van der Waals surface area (Å²) in [6.45, 7) is 0. The summed E-state index contributed by atoms with van der Waals surface area (Å²) in [7, 11) is 0. The number of aliphatic hydroxyl groups excluding tert-OH is 1. The fourth-order valence-electron chi connectivity index (χ4n) is 1.67. The number of aromatic nitrogens is 1. The summed E-state index contributed by atoms with van der Waals surface area (Å²) in [5.74, 6) is 0.460. The van der Waals surface area contributed by atoms with E-state index in [2.05, 4.69) is 4.98 Å². The Morgan fingerprint density at radius 3 is 2.47 bits per heavy atom. The molecule has 2 rings (SSSR count). The SMILES string of the molecule is Nc1ccc(C(O)Cc2cccnc2N)cc1. The Hall–Kier alpha value is -2.07. The first kappa shape index (κ1) is 11.4. The number of hydrogen-bond acceptors (Lipinski definition) is 4. The number of nitrogens with two attached hydrogens (primary N) is 2. The Morgan fingerprint density at radius 1 is 1.12 bits per heavy atom. The first-order chi connectivity index (χ1) is 8.16. The lowest BCUT2D eigenvalue weighted by molar-refractivity contribution is 0.178. The summed E-state index contributed by atoms with van der Waals surface area (Å²) >= 11 is 0. The molecular weight excluding hydrogens is 214 g/mol. The summed E-state index contributed by atoms with van der Waals surface area (Å²) in [4.78, 5) is 3.99. The molecule has 0 saturated heterocycles. The Kier molecular flexibility index (Phi) is 3.25. The first-order valence-electron chi connectivity index (χ1n) is 5.39. The fourth-order valence-corrected chi connectivity index (χ4v) is 1.67. The number of benzene rings is 1. The molecule has 0 aliphatic heterocycles. The maximum absolute atomic E-state index is 10.1. The normalized spacial score (nSPS) is 12.3. The molecule has 17 heavy (non-hydrogen) atoms. The lowest BCUT2D eigenvalue weighted by Gasteiger charge is -2.12. The number of anilines is 2. The molecule has 0 fully saturated rings. The second-order valence-electron chi connectivity index (χ2n) is 3.93. The molecule has 88 valence electrons. The molecule has 1 aromatic heterocycles. The summed E-state index contributed by atoms with van der Waals surface area (Å²) in [6, 6.07) is 10.8. The monoisotopic (exact) mass is 229 g/mol. The van der Waals surface area contributed by atoms with Crippen LogP contribution in [-0.4, -0.2) is 10.1 Å². The van der Waals surface area contributed by atoms with E-state index in [1.54, 1.807) is 24.4 Å². The van der Waals surface area contributed by atoms with Gasteiger partial charge < -0.3 is 16.6 Å². The van der Waals surface area contributed by atoms with Crippen LogP contribution >= 0.6 is 0 Å². The van der Waals surface area contributed by atoms with Crippen LogP contribution in [0.2, 0.25) is 0 Å². The highest BCUT2D eigenvalue weighted by Crippen LogP contribution is 2.21. The van der Waals surface area contributed by atoms with Gasteiger partial charge in [0.25, 0.3) is 0 Å². The van der Waals surface area contributed by atoms with Gasteiger partial charge in [-0.2, -0.15) is 0 Å². The van der Waals surface area contributed by atoms with Crippen LogP contribution in [0.15, 0.2) is 42.6 Å². The maximum Gasteiger partial charge on any atom is 0.126 e. The highest BCUT2D eigenvalue weighted by atomic mass is 16.3. The fraction of sp³-hybridized carbons (Fsp3) is 0.154. The van der Waals surface area contributed by atoms with Gasteiger partial charge in [-0.3, -0.25) is 0 Å². The van der Waals surface area contributed by atoms with E-state index in [4.69, 9.17) is 11.5 Å². The van der Waals surface area contributed by atoms with Gasteiger partial charge in [0, 0.05) is 18.3 Å². The van der Waals surface area contributed by atoms with Crippen molar-refractivity contribution in [2.24, 2.45) is 0 Å². The lowest BCUT2D eigenvalue weighted by Crippen LogP contribution is -2.05. The lowest BCUT2D eigenvalue weighted by atomic mass is 10.0. The van der Waals surface area contributed by atoms with Crippen molar-refractivity contribution in [3.05, 3.63) is 53.7 Å². The van der Waals surface area contributed by atoms with Crippen LogP contribution in [0, 0.1) is 0 Å². The zero-order valence-electron chi connectivity index (χ0n) is 9.38. The van der Waals surface area contributed by atoms with Crippen molar-refractivity contribution in [1.29, 1.82) is 0 Å². The zero-order valence-corrected chi connectivity index (χ0v) is 9.38. The average Bonchev–Trinajstić information content (AvgIpc) is 2.33. The van der Waals surface area contributed by atoms with Gasteiger partial charge in [-0.1, -0.05) is 18.2 Å². The van der Waals surface area contributed by atoms with Crippen LogP contribution < -0.4 is 11.5 Å². The Bertz CT molecular complexity index is 496. The number of nitrogens with zero attached hydrogens (tertiary/aromatic N) is 1. The van der Waals surface area contributed by atoms with Crippen LogP contribution in [0.25, 0.3) is 0 Å². The summed E-state index contributed by atoms with van der Waals surface area (Å²) in [5, 5.41) is 10.1. The molecule has 2 aromatic rings. The Morgan fingerprint density at radius 2 is 1.82 bits per heavy atom. The molecule has 0 aliphatic rings. The number of rotatable bonds is 3. The van der Waals surface area contributed by atoms with E-state index in [1.807, 2.05) is 18.2 Å². The minimum absolute atomic E-state index is 0.448. The maximum atomic E-state index is 10.1. The third-order valence-electron chi connectivity index (χ3n) is 2.66. The Labute approximate surface area is 99.9 Å². The topological polar surface area (TPSA) is 85.2 Å². The van der Waals surface area contributed by atoms with E-state index >= 15 is 0 Å². The molecule has 1 aromatic carbocycles. The third kappa shape index (κ3) is 2.73. The van der Waals surface area contributed by atoms with Gasteiger partial charge in [0.2, 0.25) is 0 Å². The minimum atomic E-state index is -0.595. The molecule has 0 radical (unpaired) electrons. The van der Waals surface area contributed by atoms with Crippen molar-refractivity contribution >= 4 is 11.5 Å². The van der Waals surface area contributed by atoms with Crippen molar-refractivity contribution < 1.29 is 5.11 Å². The predicted molar refractivity (Wildman–Crippen MR) is 68.2 cm³/mol. The molecule has 0 bridgehead atoms. The average molecular weight is 229 g/mol. The van der Waals surface area contributed by atoms with E-state index in [9.17, 15) is 5.11 Å². The second kappa shape index (κ2) is 4.84. The van der Waals surface area contributed by atoms with E-state index in [0.717, 1.165) is 11.1 Å². The van der Waals surface area contributed by atoms with E-state index in [0.29, 0.717) is 17.9 Å². The van der Waals surface area contributed by atoms with Crippen LogP contribution in [0.3, 0.4) is 0 Å². The van der Waals surface area contributed by atoms with Crippen molar-refractivity contribution in [1.82, 2.24) is 4.98 Å². The van der Waals surface area contributed by atoms with Gasteiger partial charge in [-0.15, -0.1) is 0 Å². The van der Waals surface area contributed by atoms with Gasteiger partial charge in [0.1, 0.15) is 5.82 Å². The molecule has 0 saturated carbocycles. The van der Waals surface area contributed by atoms with Crippen LogP contribution in [0.5, 0.6) is 0 Å². The summed E-state index contributed by atoms with van der Waals surface area (Å²) < 4.78 is 0. The summed E-state index contributed by atoms with van der Waals surface area (Å²) in [5.41, 5.74) is 13.7. The quantitative estimate of drug-likeness (QED) is 0.697. The summed E-state index contributed by atoms with van der Waals surface area (Å²) in [6.07, 6.45) is 1.49. The van der Waals surface area contributed by atoms with Crippen molar-refractivity contribution in [2.45, 2.75) is 12.5 Å². The highest BCUT2D eigenvalue weighted by Gasteiger charge is 2.10. The first-order valence-corrected chi connectivity index (χ1v) is 5.39. The van der Waals surface area contributed by atoms with Gasteiger partial charge in [-0.05, 0) is 29.3 Å². The Balaban J connectivity index is 2.14. The molecule has 0 amide bonds. The van der Waals surface area contributed by atoms with Gasteiger partial charge in [-0.25, -0.2) is 4.98 Å². The largest absolute Gasteiger partial charge is 0.399 e. The van der Waals surface area contributed by atoms with Crippen LogP contribution in [0.1, 0.15) is 17.2 Å². The van der Waals surface area contributed by atoms with E-state index in [1.165, 1.54) is 0 Å². The number of nitrogen functional groups attached to an aromatic ring is 2. The minimum Gasteiger partial charge on any atom is -0.399 e. The molecule has 0 spiro atoms. The van der Waals surface area contributed by atoms with Crippen LogP contribution in [-0.2, 0) is 6.42 Å². The highest BCUT2D eigenvalue weighted by molar-refractivity contribution is 5.42. The van der Waals surface area contributed by atoms with E-state index < -0.39 is 6.10 Å².